The van der Waals surface area contributed by atoms with Crippen molar-refractivity contribution in [3.05, 3.63) is 35.4 Å². The zero-order valence-corrected chi connectivity index (χ0v) is 15.0. The molecule has 1 rings (SSSR count). The SMILES string of the molecule is CCCNCCc1ccc(CN(C)C(C)CCSC)cc1. The molecule has 120 valence electrons. The highest BCUT2D eigenvalue weighted by Gasteiger charge is 2.09. The van der Waals surface area contributed by atoms with Crippen molar-refractivity contribution in [3.8, 4) is 0 Å². The Morgan fingerprint density at radius 2 is 1.81 bits per heavy atom. The fraction of sp³-hybridized carbons (Fsp3) is 0.667. The highest BCUT2D eigenvalue weighted by molar-refractivity contribution is 7.98. The molecule has 1 aromatic rings. The van der Waals surface area contributed by atoms with E-state index in [1.54, 1.807) is 0 Å². The monoisotopic (exact) mass is 308 g/mol. The van der Waals surface area contributed by atoms with E-state index in [4.69, 9.17) is 0 Å². The van der Waals surface area contributed by atoms with Gasteiger partial charge in [-0.1, -0.05) is 31.2 Å². The molecule has 21 heavy (non-hydrogen) atoms. The summed E-state index contributed by atoms with van der Waals surface area (Å²) in [6.45, 7) is 7.78. The Kier molecular flexibility index (Phi) is 9.81. The Balaban J connectivity index is 2.36. The third-order valence-corrected chi connectivity index (χ3v) is 4.61. The number of benzene rings is 1. The standard InChI is InChI=1S/C18H32N2S/c1-5-12-19-13-10-17-6-8-18(9-7-17)15-20(3)16(2)11-14-21-4/h6-9,16,19H,5,10-15H2,1-4H3. The Morgan fingerprint density at radius 1 is 1.14 bits per heavy atom. The van der Waals surface area contributed by atoms with E-state index in [0.29, 0.717) is 6.04 Å². The number of hydrogen-bond acceptors (Lipinski definition) is 3. The van der Waals surface area contributed by atoms with Crippen LogP contribution in [0.15, 0.2) is 24.3 Å². The van der Waals surface area contributed by atoms with E-state index in [-0.39, 0.29) is 0 Å². The van der Waals surface area contributed by atoms with Crippen LogP contribution in [0.4, 0.5) is 0 Å². The van der Waals surface area contributed by atoms with Gasteiger partial charge >= 0.3 is 0 Å². The van der Waals surface area contributed by atoms with Crippen molar-refractivity contribution in [1.29, 1.82) is 0 Å². The number of nitrogens with one attached hydrogen (secondary N) is 1. The van der Waals surface area contributed by atoms with Gasteiger partial charge in [0.25, 0.3) is 0 Å². The lowest BCUT2D eigenvalue weighted by molar-refractivity contribution is 0.245. The van der Waals surface area contributed by atoms with Gasteiger partial charge in [-0.25, -0.2) is 0 Å². The van der Waals surface area contributed by atoms with Crippen LogP contribution in [0.1, 0.15) is 37.8 Å². The maximum absolute atomic E-state index is 3.45. The summed E-state index contributed by atoms with van der Waals surface area (Å²) in [6.07, 6.45) is 5.78. The van der Waals surface area contributed by atoms with Crippen molar-refractivity contribution in [2.45, 2.75) is 45.7 Å². The number of hydrogen-bond donors (Lipinski definition) is 1. The molecule has 1 atom stereocenters. The van der Waals surface area contributed by atoms with Crippen molar-refractivity contribution in [2.24, 2.45) is 0 Å². The summed E-state index contributed by atoms with van der Waals surface area (Å²) in [5.41, 5.74) is 2.85. The minimum atomic E-state index is 0.648. The molecule has 1 aromatic carbocycles. The molecule has 0 aromatic heterocycles. The predicted molar refractivity (Wildman–Crippen MR) is 97.2 cm³/mol. The van der Waals surface area contributed by atoms with Crippen molar-refractivity contribution in [1.82, 2.24) is 10.2 Å². The third kappa shape index (κ3) is 7.89. The van der Waals surface area contributed by atoms with E-state index in [0.717, 1.165) is 26.1 Å². The van der Waals surface area contributed by atoms with Gasteiger partial charge in [-0.15, -0.1) is 0 Å². The molecule has 0 aliphatic carbocycles. The van der Waals surface area contributed by atoms with Crippen LogP contribution in [0.3, 0.4) is 0 Å². The van der Waals surface area contributed by atoms with Crippen molar-refractivity contribution >= 4 is 11.8 Å². The van der Waals surface area contributed by atoms with Gasteiger partial charge in [0.05, 0.1) is 0 Å². The van der Waals surface area contributed by atoms with Crippen LogP contribution in [-0.2, 0) is 13.0 Å². The van der Waals surface area contributed by atoms with Crippen molar-refractivity contribution in [3.63, 3.8) is 0 Å². The minimum absolute atomic E-state index is 0.648. The highest BCUT2D eigenvalue weighted by atomic mass is 32.2. The molecule has 0 radical (unpaired) electrons. The average Bonchev–Trinajstić information content (AvgIpc) is 2.50. The predicted octanol–water partition coefficient (Wildman–Crippen LogP) is 3.80. The molecule has 0 saturated carbocycles. The second kappa shape index (κ2) is 11.1. The molecule has 0 aliphatic rings. The van der Waals surface area contributed by atoms with Crippen LogP contribution in [0.5, 0.6) is 0 Å². The average molecular weight is 309 g/mol. The lowest BCUT2D eigenvalue weighted by atomic mass is 10.1. The summed E-state index contributed by atoms with van der Waals surface area (Å²) < 4.78 is 0. The zero-order chi connectivity index (χ0) is 15.5. The Morgan fingerprint density at radius 3 is 2.43 bits per heavy atom. The number of thioether (sulfide) groups is 1. The Bertz CT molecular complexity index is 364. The van der Waals surface area contributed by atoms with E-state index in [9.17, 15) is 0 Å². The quantitative estimate of drug-likeness (QED) is 0.626. The van der Waals surface area contributed by atoms with Crippen LogP contribution in [0, 0.1) is 0 Å². The summed E-state index contributed by atoms with van der Waals surface area (Å²) in [5, 5.41) is 3.45. The summed E-state index contributed by atoms with van der Waals surface area (Å²) in [4.78, 5) is 2.45. The van der Waals surface area contributed by atoms with Gasteiger partial charge in [-0.3, -0.25) is 4.90 Å². The molecule has 0 saturated heterocycles. The summed E-state index contributed by atoms with van der Waals surface area (Å²) in [6, 6.07) is 9.78. The lowest BCUT2D eigenvalue weighted by Crippen LogP contribution is -2.29. The van der Waals surface area contributed by atoms with E-state index in [2.05, 4.69) is 61.6 Å². The summed E-state index contributed by atoms with van der Waals surface area (Å²) in [5.74, 6) is 1.25. The molecule has 0 heterocycles. The molecule has 1 N–H and O–H groups in total. The molecule has 3 heteroatoms. The first-order valence-corrected chi connectivity index (χ1v) is 9.54. The maximum Gasteiger partial charge on any atom is 0.0233 e. The van der Waals surface area contributed by atoms with Gasteiger partial charge in [0.2, 0.25) is 0 Å². The molecule has 0 amide bonds. The van der Waals surface area contributed by atoms with E-state index < -0.39 is 0 Å². The third-order valence-electron chi connectivity index (χ3n) is 3.96. The van der Waals surface area contributed by atoms with Gasteiger partial charge in [-0.05, 0) is 69.5 Å². The summed E-state index contributed by atoms with van der Waals surface area (Å²) in [7, 11) is 2.23. The van der Waals surface area contributed by atoms with Gasteiger partial charge in [-0.2, -0.15) is 11.8 Å². The van der Waals surface area contributed by atoms with E-state index in [1.807, 2.05) is 11.8 Å². The number of nitrogens with zero attached hydrogens (tertiary/aromatic N) is 1. The topological polar surface area (TPSA) is 15.3 Å². The molecule has 0 bridgehead atoms. The lowest BCUT2D eigenvalue weighted by Gasteiger charge is -2.24. The van der Waals surface area contributed by atoms with Gasteiger partial charge < -0.3 is 5.32 Å². The first-order valence-electron chi connectivity index (χ1n) is 8.15. The molecule has 1 unspecified atom stereocenters. The molecular weight excluding hydrogens is 276 g/mol. The zero-order valence-electron chi connectivity index (χ0n) is 14.2. The van der Waals surface area contributed by atoms with Crippen LogP contribution >= 0.6 is 11.8 Å². The largest absolute Gasteiger partial charge is 0.316 e. The molecule has 0 spiro atoms. The van der Waals surface area contributed by atoms with Gasteiger partial charge in [0.1, 0.15) is 0 Å². The minimum Gasteiger partial charge on any atom is -0.316 e. The summed E-state index contributed by atoms with van der Waals surface area (Å²) >= 11 is 1.93. The molecule has 2 nitrogen and oxygen atoms in total. The maximum atomic E-state index is 3.45. The second-order valence-corrected chi connectivity index (χ2v) is 6.85. The molecule has 0 fully saturated rings. The fourth-order valence-corrected chi connectivity index (χ4v) is 2.88. The first-order chi connectivity index (χ1) is 10.2. The Labute approximate surface area is 135 Å². The molecular formula is C18H32N2S. The number of rotatable bonds is 11. The van der Waals surface area contributed by atoms with Crippen molar-refractivity contribution in [2.75, 3.05) is 32.1 Å². The van der Waals surface area contributed by atoms with Crippen LogP contribution in [-0.4, -0.2) is 43.1 Å². The van der Waals surface area contributed by atoms with Gasteiger partial charge in [0.15, 0.2) is 0 Å². The normalized spacial score (nSPS) is 12.8. The second-order valence-electron chi connectivity index (χ2n) is 5.86. The van der Waals surface area contributed by atoms with Crippen LogP contribution in [0.25, 0.3) is 0 Å². The van der Waals surface area contributed by atoms with E-state index in [1.165, 1.54) is 29.7 Å². The van der Waals surface area contributed by atoms with Crippen LogP contribution < -0.4 is 5.32 Å². The fourth-order valence-electron chi connectivity index (χ4n) is 2.30. The molecule has 0 aliphatic heterocycles. The van der Waals surface area contributed by atoms with E-state index >= 15 is 0 Å². The smallest absolute Gasteiger partial charge is 0.0233 e. The first kappa shape index (κ1) is 18.5. The van der Waals surface area contributed by atoms with Crippen molar-refractivity contribution < 1.29 is 0 Å². The van der Waals surface area contributed by atoms with Crippen LogP contribution in [0.2, 0.25) is 0 Å². The van der Waals surface area contributed by atoms with Gasteiger partial charge in [0, 0.05) is 12.6 Å². The highest BCUT2D eigenvalue weighted by Crippen LogP contribution is 2.12. The Hall–Kier alpha value is -0.510.